The van der Waals surface area contributed by atoms with Gasteiger partial charge in [0.05, 0.1) is 30.0 Å². The van der Waals surface area contributed by atoms with Gasteiger partial charge in [0.1, 0.15) is 22.3 Å². The molecule has 2 heterocycles. The second-order valence-corrected chi connectivity index (χ2v) is 8.45. The number of rotatable bonds is 9. The molecule has 1 N–H and O–H groups in total. The number of benzene rings is 1. The van der Waals surface area contributed by atoms with E-state index in [1.165, 1.54) is 0 Å². The summed E-state index contributed by atoms with van der Waals surface area (Å²) in [5, 5.41) is -0.439. The van der Waals surface area contributed by atoms with E-state index in [1.807, 2.05) is 4.31 Å². The van der Waals surface area contributed by atoms with E-state index >= 15 is 0 Å². The van der Waals surface area contributed by atoms with Gasteiger partial charge in [-0.25, -0.2) is 22.5 Å². The van der Waals surface area contributed by atoms with Crippen LogP contribution in [-0.2, 0) is 4.74 Å². The highest BCUT2D eigenvalue weighted by Crippen LogP contribution is 2.35. The van der Waals surface area contributed by atoms with Gasteiger partial charge < -0.3 is 14.2 Å². The van der Waals surface area contributed by atoms with Gasteiger partial charge in [-0.15, -0.1) is 0 Å². The van der Waals surface area contributed by atoms with Crippen LogP contribution in [0.25, 0.3) is 0 Å². The van der Waals surface area contributed by atoms with Gasteiger partial charge in [0.25, 0.3) is 5.91 Å². The van der Waals surface area contributed by atoms with Crippen molar-refractivity contribution in [1.29, 1.82) is 0 Å². The van der Waals surface area contributed by atoms with Crippen molar-refractivity contribution in [2.45, 2.75) is 12.3 Å². The summed E-state index contributed by atoms with van der Waals surface area (Å²) < 4.78 is 84.5. The minimum absolute atomic E-state index is 0.0839. The van der Waals surface area contributed by atoms with Crippen molar-refractivity contribution >= 4 is 41.2 Å². The van der Waals surface area contributed by atoms with Crippen molar-refractivity contribution < 1.29 is 41.0 Å². The van der Waals surface area contributed by atoms with Crippen molar-refractivity contribution in [1.82, 2.24) is 14.0 Å². The van der Waals surface area contributed by atoms with Crippen molar-refractivity contribution in [3.63, 3.8) is 0 Å². The van der Waals surface area contributed by atoms with Crippen LogP contribution in [0, 0.1) is 5.82 Å². The van der Waals surface area contributed by atoms with Gasteiger partial charge in [-0.05, 0) is 6.07 Å². The number of alkyl halides is 4. The van der Waals surface area contributed by atoms with Crippen LogP contribution in [0.2, 0.25) is 10.0 Å². The lowest BCUT2D eigenvalue weighted by Crippen LogP contribution is -2.34. The molecule has 0 atom stereocenters. The fourth-order valence-corrected chi connectivity index (χ4v) is 3.57. The zero-order chi connectivity index (χ0) is 24.9. The number of morpholine rings is 1. The van der Waals surface area contributed by atoms with Crippen molar-refractivity contribution in [3.8, 4) is 17.4 Å². The normalized spacial score (nSPS) is 14.8. The molecule has 1 saturated heterocycles. The molecule has 2 aromatic rings. The van der Waals surface area contributed by atoms with Crippen molar-refractivity contribution in [2.75, 3.05) is 32.9 Å². The summed E-state index contributed by atoms with van der Waals surface area (Å²) in [6, 6.07) is 3.02. The standard InChI is InChI=1S/C19H16Cl2F5N3O4S/c20-12-6-11(16(30)28-34-29-1-3-31-4-2-29)14(22)7-15(12)33-10-5-13(21)17(27-8-10)32-9-19(25,26)18(23)24/h5-8,18H,1-4,9H2,(H,28,30). The first-order valence-electron chi connectivity index (χ1n) is 9.48. The van der Waals surface area contributed by atoms with Crippen LogP contribution >= 0.6 is 35.3 Å². The highest BCUT2D eigenvalue weighted by atomic mass is 35.5. The maximum absolute atomic E-state index is 14.5. The molecule has 186 valence electrons. The Morgan fingerprint density at radius 2 is 1.94 bits per heavy atom. The minimum atomic E-state index is -4.39. The van der Waals surface area contributed by atoms with E-state index in [4.69, 9.17) is 32.7 Å². The van der Waals surface area contributed by atoms with E-state index < -0.39 is 36.6 Å². The first-order chi connectivity index (χ1) is 16.1. The number of carbonyl (C=O) groups is 1. The highest BCUT2D eigenvalue weighted by molar-refractivity contribution is 7.95. The molecule has 0 radical (unpaired) electrons. The Hall–Kier alpha value is -2.06. The molecule has 1 aliphatic rings. The van der Waals surface area contributed by atoms with Crippen LogP contribution in [0.15, 0.2) is 24.4 Å². The predicted molar refractivity (Wildman–Crippen MR) is 115 cm³/mol. The molecule has 7 nitrogen and oxygen atoms in total. The fraction of sp³-hybridized carbons (Fsp3) is 0.368. The SMILES string of the molecule is O=C(NSN1CCOCC1)c1cc(Cl)c(Oc2cnc(OCC(F)(F)C(F)F)c(Cl)c2)cc1F. The molecule has 0 unspecified atom stereocenters. The molecule has 34 heavy (non-hydrogen) atoms. The van der Waals surface area contributed by atoms with E-state index in [0.717, 1.165) is 36.5 Å². The van der Waals surface area contributed by atoms with E-state index in [-0.39, 0.29) is 27.1 Å². The number of amides is 1. The second-order valence-electron chi connectivity index (χ2n) is 6.74. The number of hydrogen-bond acceptors (Lipinski definition) is 7. The third-order valence-corrected chi connectivity index (χ3v) is 5.70. The third-order valence-electron chi connectivity index (χ3n) is 4.23. The molecule has 0 spiro atoms. The third kappa shape index (κ3) is 6.98. The van der Waals surface area contributed by atoms with Crippen molar-refractivity contribution in [3.05, 3.63) is 45.8 Å². The zero-order valence-corrected chi connectivity index (χ0v) is 19.3. The van der Waals surface area contributed by atoms with Gasteiger partial charge >= 0.3 is 12.3 Å². The largest absolute Gasteiger partial charge is 0.470 e. The summed E-state index contributed by atoms with van der Waals surface area (Å²) in [5.74, 6) is -6.83. The van der Waals surface area contributed by atoms with Crippen LogP contribution in [0.5, 0.6) is 17.4 Å². The summed E-state index contributed by atoms with van der Waals surface area (Å²) in [5.41, 5.74) is -0.321. The van der Waals surface area contributed by atoms with E-state index in [9.17, 15) is 26.7 Å². The van der Waals surface area contributed by atoms with E-state index in [2.05, 4.69) is 14.4 Å². The Morgan fingerprint density at radius 3 is 2.59 bits per heavy atom. The van der Waals surface area contributed by atoms with Crippen LogP contribution in [0.3, 0.4) is 0 Å². The molecule has 1 aliphatic heterocycles. The van der Waals surface area contributed by atoms with Gasteiger partial charge in [0.15, 0.2) is 6.61 Å². The molecular formula is C19H16Cl2F5N3O4S. The number of nitrogens with one attached hydrogen (secondary N) is 1. The molecule has 0 aliphatic carbocycles. The van der Waals surface area contributed by atoms with Crippen LogP contribution < -0.4 is 14.2 Å². The van der Waals surface area contributed by atoms with Crippen LogP contribution in [-0.4, -0.2) is 60.5 Å². The number of halogens is 7. The van der Waals surface area contributed by atoms with E-state index in [0.29, 0.717) is 26.3 Å². The van der Waals surface area contributed by atoms with Crippen LogP contribution in [0.4, 0.5) is 22.0 Å². The number of ether oxygens (including phenoxy) is 3. The van der Waals surface area contributed by atoms with Gasteiger partial charge in [0.2, 0.25) is 5.88 Å². The Morgan fingerprint density at radius 1 is 1.24 bits per heavy atom. The van der Waals surface area contributed by atoms with E-state index in [1.54, 1.807) is 0 Å². The summed E-state index contributed by atoms with van der Waals surface area (Å²) in [7, 11) is 0. The first-order valence-corrected chi connectivity index (χ1v) is 11.0. The smallest absolute Gasteiger partial charge is 0.340 e. The fourth-order valence-electron chi connectivity index (χ4n) is 2.50. The number of nitrogens with zero attached hydrogens (tertiary/aromatic N) is 2. The lowest BCUT2D eigenvalue weighted by Gasteiger charge is -2.24. The summed E-state index contributed by atoms with van der Waals surface area (Å²) in [6.45, 7) is 0.584. The maximum atomic E-state index is 14.5. The molecular weight excluding hydrogens is 532 g/mol. The molecule has 0 bridgehead atoms. The number of hydrogen-bond donors (Lipinski definition) is 1. The average Bonchev–Trinajstić information content (AvgIpc) is 2.79. The summed E-state index contributed by atoms with van der Waals surface area (Å²) in [6.07, 6.45) is -2.94. The molecule has 1 aromatic carbocycles. The Kier molecular flexibility index (Phi) is 9.04. The number of aromatic nitrogens is 1. The summed E-state index contributed by atoms with van der Waals surface area (Å²) in [4.78, 5) is 15.9. The second kappa shape index (κ2) is 11.6. The number of carbonyl (C=O) groups excluding carboxylic acids is 1. The van der Waals surface area contributed by atoms with Crippen molar-refractivity contribution in [2.24, 2.45) is 0 Å². The van der Waals surface area contributed by atoms with Gasteiger partial charge in [-0.3, -0.25) is 9.52 Å². The molecule has 1 aromatic heterocycles. The maximum Gasteiger partial charge on any atom is 0.340 e. The Balaban J connectivity index is 1.64. The van der Waals surface area contributed by atoms with Gasteiger partial charge in [0, 0.05) is 37.4 Å². The van der Waals surface area contributed by atoms with Gasteiger partial charge in [-0.1, -0.05) is 23.2 Å². The molecule has 1 fully saturated rings. The van der Waals surface area contributed by atoms with Crippen LogP contribution in [0.1, 0.15) is 10.4 Å². The zero-order valence-electron chi connectivity index (χ0n) is 17.0. The predicted octanol–water partition coefficient (Wildman–Crippen LogP) is 5.22. The van der Waals surface area contributed by atoms with Gasteiger partial charge in [-0.2, -0.15) is 8.78 Å². The lowest BCUT2D eigenvalue weighted by molar-refractivity contribution is -0.148. The highest BCUT2D eigenvalue weighted by Gasteiger charge is 2.42. The quantitative estimate of drug-likeness (QED) is 0.340. The average molecular weight is 548 g/mol. The molecule has 0 saturated carbocycles. The molecule has 15 heteroatoms. The first kappa shape index (κ1) is 26.5. The monoisotopic (exact) mass is 547 g/mol. The Labute approximate surface area is 204 Å². The molecule has 1 amide bonds. The summed E-state index contributed by atoms with van der Waals surface area (Å²) >= 11 is 13.0. The number of pyridine rings is 1. The lowest BCUT2D eigenvalue weighted by atomic mass is 10.2. The molecule has 3 rings (SSSR count). The Bertz CT molecular complexity index is 1030. The minimum Gasteiger partial charge on any atom is -0.470 e. The topological polar surface area (TPSA) is 72.9 Å².